The first kappa shape index (κ1) is 21.2. The number of aryl methyl sites for hydroxylation is 1. The van der Waals surface area contributed by atoms with E-state index in [1.165, 1.54) is 28.9 Å². The number of carbonyl (C=O) groups excluding carboxylic acids is 1. The molecule has 0 N–H and O–H groups in total. The van der Waals surface area contributed by atoms with Gasteiger partial charge in [-0.25, -0.2) is 17.2 Å². The zero-order valence-electron chi connectivity index (χ0n) is 16.8. The summed E-state index contributed by atoms with van der Waals surface area (Å²) in [6, 6.07) is 12.3. The molecule has 2 aromatic carbocycles. The first-order valence-corrected chi connectivity index (χ1v) is 11.4. The van der Waals surface area contributed by atoms with E-state index in [-0.39, 0.29) is 16.6 Å². The number of likely N-dealkylation sites (tertiary alicyclic amines) is 1. The molecular formula is C22H21F2N3O3S. The monoisotopic (exact) mass is 445 g/mol. The molecule has 31 heavy (non-hydrogen) atoms. The quantitative estimate of drug-likeness (QED) is 0.577. The van der Waals surface area contributed by atoms with Crippen LogP contribution in [0.5, 0.6) is 0 Å². The highest BCUT2D eigenvalue weighted by atomic mass is 32.2. The molecule has 162 valence electrons. The van der Waals surface area contributed by atoms with E-state index < -0.39 is 20.9 Å². The molecule has 1 aromatic heterocycles. The normalized spacial score (nSPS) is 15.3. The van der Waals surface area contributed by atoms with Gasteiger partial charge in [-0.15, -0.1) is 0 Å². The summed E-state index contributed by atoms with van der Waals surface area (Å²) in [5.41, 5.74) is 1.62. The van der Waals surface area contributed by atoms with Gasteiger partial charge >= 0.3 is 0 Å². The highest BCUT2D eigenvalue weighted by Gasteiger charge is 2.33. The number of hydrogen-bond donors (Lipinski definition) is 0. The molecule has 0 spiro atoms. The number of carbonyl (C=O) groups is 1. The van der Waals surface area contributed by atoms with Gasteiger partial charge in [0.1, 0.15) is 17.3 Å². The van der Waals surface area contributed by atoms with E-state index in [0.717, 1.165) is 12.1 Å². The number of rotatable bonds is 4. The first-order valence-electron chi connectivity index (χ1n) is 9.84. The number of nitrogens with zero attached hydrogens (tertiary/aromatic N) is 3. The minimum Gasteiger partial charge on any atom is -0.337 e. The summed E-state index contributed by atoms with van der Waals surface area (Å²) >= 11 is 0. The number of halogens is 2. The van der Waals surface area contributed by atoms with Crippen LogP contribution in [0.15, 0.2) is 59.5 Å². The summed E-state index contributed by atoms with van der Waals surface area (Å²) in [4.78, 5) is 14.7. The Labute approximate surface area is 179 Å². The molecule has 9 heteroatoms. The van der Waals surface area contributed by atoms with Crippen molar-refractivity contribution in [1.29, 1.82) is 0 Å². The van der Waals surface area contributed by atoms with Gasteiger partial charge in [0.25, 0.3) is 5.91 Å². The second-order valence-electron chi connectivity index (χ2n) is 7.54. The smallest absolute Gasteiger partial charge is 0.272 e. The number of sulfone groups is 1. The van der Waals surface area contributed by atoms with Crippen LogP contribution < -0.4 is 0 Å². The van der Waals surface area contributed by atoms with Gasteiger partial charge in [0, 0.05) is 25.7 Å². The van der Waals surface area contributed by atoms with Gasteiger partial charge in [0.2, 0.25) is 0 Å². The minimum absolute atomic E-state index is 0.0919. The SMILES string of the molecule is Cn1nc(-c2ccc(F)cc2)cc1C(=O)N1CCC(S(=O)(=O)c2ccc(F)cc2)CC1. The Hall–Kier alpha value is -3.07. The van der Waals surface area contributed by atoms with Gasteiger partial charge in [-0.3, -0.25) is 9.48 Å². The topological polar surface area (TPSA) is 72.3 Å². The lowest BCUT2D eigenvalue weighted by molar-refractivity contribution is 0.0714. The van der Waals surface area contributed by atoms with E-state index >= 15 is 0 Å². The molecule has 2 heterocycles. The molecular weight excluding hydrogens is 424 g/mol. The molecule has 1 saturated heterocycles. The van der Waals surface area contributed by atoms with Crippen LogP contribution >= 0.6 is 0 Å². The van der Waals surface area contributed by atoms with Crippen LogP contribution in [0.25, 0.3) is 11.3 Å². The van der Waals surface area contributed by atoms with E-state index in [2.05, 4.69) is 5.10 Å². The Kier molecular flexibility index (Phi) is 5.62. The average molecular weight is 445 g/mol. The lowest BCUT2D eigenvalue weighted by Gasteiger charge is -2.31. The minimum atomic E-state index is -3.59. The van der Waals surface area contributed by atoms with Crippen LogP contribution in [0.3, 0.4) is 0 Å². The lowest BCUT2D eigenvalue weighted by atomic mass is 10.1. The summed E-state index contributed by atoms with van der Waals surface area (Å²) < 4.78 is 53.4. The Morgan fingerprint density at radius 3 is 2.10 bits per heavy atom. The molecule has 0 bridgehead atoms. The van der Waals surface area contributed by atoms with Crippen molar-refractivity contribution in [3.63, 3.8) is 0 Å². The molecule has 6 nitrogen and oxygen atoms in total. The molecule has 1 fully saturated rings. The van der Waals surface area contributed by atoms with Crippen molar-refractivity contribution >= 4 is 15.7 Å². The van der Waals surface area contributed by atoms with Crippen LogP contribution in [0.2, 0.25) is 0 Å². The van der Waals surface area contributed by atoms with Crippen LogP contribution in [0.1, 0.15) is 23.3 Å². The molecule has 1 aliphatic heterocycles. The van der Waals surface area contributed by atoms with Gasteiger partial charge in [-0.1, -0.05) is 0 Å². The maximum Gasteiger partial charge on any atom is 0.272 e. The standard InChI is InChI=1S/C22H21F2N3O3S/c1-26-21(14-20(25-26)15-2-4-16(23)5-3-15)22(28)27-12-10-19(11-13-27)31(29,30)18-8-6-17(24)7-9-18/h2-9,14,19H,10-13H2,1H3. The lowest BCUT2D eigenvalue weighted by Crippen LogP contribution is -2.43. The van der Waals surface area contributed by atoms with Crippen LogP contribution in [-0.4, -0.2) is 47.3 Å². The van der Waals surface area contributed by atoms with Crippen LogP contribution in [-0.2, 0) is 16.9 Å². The fraction of sp³-hybridized carbons (Fsp3) is 0.273. The first-order chi connectivity index (χ1) is 14.8. The molecule has 0 unspecified atom stereocenters. The summed E-state index contributed by atoms with van der Waals surface area (Å²) in [5.74, 6) is -1.08. The predicted octanol–water partition coefficient (Wildman–Crippen LogP) is 3.44. The van der Waals surface area contributed by atoms with E-state index in [1.807, 2.05) is 0 Å². The molecule has 1 aliphatic rings. The van der Waals surface area contributed by atoms with Gasteiger partial charge in [-0.05, 0) is 67.4 Å². The van der Waals surface area contributed by atoms with E-state index in [4.69, 9.17) is 0 Å². The van der Waals surface area contributed by atoms with Gasteiger partial charge in [0.15, 0.2) is 9.84 Å². The van der Waals surface area contributed by atoms with Crippen molar-refractivity contribution < 1.29 is 22.0 Å². The molecule has 4 rings (SSSR count). The maximum absolute atomic E-state index is 13.2. The van der Waals surface area contributed by atoms with E-state index in [1.54, 1.807) is 30.1 Å². The summed E-state index contributed by atoms with van der Waals surface area (Å²) in [6.07, 6.45) is 0.599. The largest absolute Gasteiger partial charge is 0.337 e. The van der Waals surface area contributed by atoms with Crippen molar-refractivity contribution in [2.45, 2.75) is 23.0 Å². The fourth-order valence-corrected chi connectivity index (χ4v) is 5.51. The number of aromatic nitrogens is 2. The number of amides is 1. The van der Waals surface area contributed by atoms with Gasteiger partial charge in [-0.2, -0.15) is 5.10 Å². The predicted molar refractivity (Wildman–Crippen MR) is 111 cm³/mol. The average Bonchev–Trinajstić information content (AvgIpc) is 3.15. The van der Waals surface area contributed by atoms with Crippen molar-refractivity contribution in [2.24, 2.45) is 7.05 Å². The Morgan fingerprint density at radius 2 is 1.52 bits per heavy atom. The van der Waals surface area contributed by atoms with E-state index in [9.17, 15) is 22.0 Å². The number of hydrogen-bond acceptors (Lipinski definition) is 4. The summed E-state index contributed by atoms with van der Waals surface area (Å²) in [5, 5.41) is 3.73. The van der Waals surface area contributed by atoms with Crippen molar-refractivity contribution in [3.8, 4) is 11.3 Å². The van der Waals surface area contributed by atoms with Crippen molar-refractivity contribution in [1.82, 2.24) is 14.7 Å². The molecule has 1 amide bonds. The fourth-order valence-electron chi connectivity index (χ4n) is 3.78. The zero-order chi connectivity index (χ0) is 22.2. The molecule has 0 aliphatic carbocycles. The van der Waals surface area contributed by atoms with Gasteiger partial charge in [0.05, 0.1) is 15.8 Å². The van der Waals surface area contributed by atoms with Crippen LogP contribution in [0.4, 0.5) is 8.78 Å². The number of piperidine rings is 1. The van der Waals surface area contributed by atoms with E-state index in [0.29, 0.717) is 42.9 Å². The van der Waals surface area contributed by atoms with Crippen LogP contribution in [0, 0.1) is 11.6 Å². The zero-order valence-corrected chi connectivity index (χ0v) is 17.6. The second kappa shape index (κ2) is 8.22. The summed E-state index contributed by atoms with van der Waals surface area (Å²) in [7, 11) is -1.93. The molecule has 0 atom stereocenters. The Morgan fingerprint density at radius 1 is 0.968 bits per heavy atom. The number of benzene rings is 2. The highest BCUT2D eigenvalue weighted by molar-refractivity contribution is 7.92. The molecule has 0 saturated carbocycles. The third-order valence-electron chi connectivity index (χ3n) is 5.55. The molecule has 3 aromatic rings. The van der Waals surface area contributed by atoms with Crippen molar-refractivity contribution in [2.75, 3.05) is 13.1 Å². The second-order valence-corrected chi connectivity index (χ2v) is 9.76. The Balaban J connectivity index is 1.46. The van der Waals surface area contributed by atoms with Crippen molar-refractivity contribution in [3.05, 3.63) is 71.9 Å². The summed E-state index contributed by atoms with van der Waals surface area (Å²) in [6.45, 7) is 0.585. The third kappa shape index (κ3) is 4.23. The maximum atomic E-state index is 13.2. The highest BCUT2D eigenvalue weighted by Crippen LogP contribution is 2.26. The third-order valence-corrected chi connectivity index (χ3v) is 7.83. The van der Waals surface area contributed by atoms with Gasteiger partial charge < -0.3 is 4.90 Å². The molecule has 0 radical (unpaired) electrons. The Bertz CT molecular complexity index is 1200.